The van der Waals surface area contributed by atoms with Crippen molar-refractivity contribution in [3.8, 4) is 0 Å². The first-order chi connectivity index (χ1) is 12.5. The molecule has 5 N–H and O–H groups in total. The van der Waals surface area contributed by atoms with Crippen molar-refractivity contribution in [2.75, 3.05) is 10.6 Å². The van der Waals surface area contributed by atoms with Gasteiger partial charge in [0.1, 0.15) is 5.82 Å². The molecule has 1 amide bonds. The van der Waals surface area contributed by atoms with Crippen LogP contribution in [-0.2, 0) is 0 Å². The predicted molar refractivity (Wildman–Crippen MR) is 102 cm³/mol. The summed E-state index contributed by atoms with van der Waals surface area (Å²) in [5.41, 5.74) is 5.80. The molecule has 26 heavy (non-hydrogen) atoms. The van der Waals surface area contributed by atoms with Gasteiger partial charge < -0.3 is 21.5 Å². The SMILES string of the molecule is C[C@H](Nc1ncc(C(N)=O)c(NC2CCC(O)CC2)n1)C1CCCCC1. The first kappa shape index (κ1) is 18.9. The summed E-state index contributed by atoms with van der Waals surface area (Å²) < 4.78 is 0. The lowest BCUT2D eigenvalue weighted by molar-refractivity contribution is 0.1000. The standard InChI is InChI=1S/C19H31N5O2/c1-12(13-5-3-2-4-6-13)22-19-21-11-16(17(20)26)18(24-19)23-14-7-9-15(25)10-8-14/h11-15,25H,2-10H2,1H3,(H2,20,26)(H2,21,22,23,24)/t12-,14?,15?/m0/s1. The topological polar surface area (TPSA) is 113 Å². The highest BCUT2D eigenvalue weighted by Crippen LogP contribution is 2.28. The van der Waals surface area contributed by atoms with Crippen molar-refractivity contribution in [1.82, 2.24) is 9.97 Å². The lowest BCUT2D eigenvalue weighted by Gasteiger charge is -2.29. The number of hydrogen-bond acceptors (Lipinski definition) is 6. The van der Waals surface area contributed by atoms with Crippen LogP contribution in [-0.4, -0.2) is 39.2 Å². The molecule has 0 radical (unpaired) electrons. The van der Waals surface area contributed by atoms with Gasteiger partial charge in [0.2, 0.25) is 5.95 Å². The number of nitrogens with one attached hydrogen (secondary N) is 2. The minimum atomic E-state index is -0.532. The molecule has 2 aliphatic carbocycles. The molecule has 7 heteroatoms. The molecule has 1 atom stereocenters. The van der Waals surface area contributed by atoms with Gasteiger partial charge in [0.25, 0.3) is 5.91 Å². The van der Waals surface area contributed by atoms with E-state index in [0.717, 1.165) is 25.7 Å². The second kappa shape index (κ2) is 8.66. The van der Waals surface area contributed by atoms with Gasteiger partial charge in [0, 0.05) is 18.3 Å². The lowest BCUT2D eigenvalue weighted by Crippen LogP contribution is -2.31. The van der Waals surface area contributed by atoms with Crippen LogP contribution in [0, 0.1) is 5.92 Å². The Morgan fingerprint density at radius 2 is 1.88 bits per heavy atom. The summed E-state index contributed by atoms with van der Waals surface area (Å²) >= 11 is 0. The van der Waals surface area contributed by atoms with Gasteiger partial charge >= 0.3 is 0 Å². The minimum Gasteiger partial charge on any atom is -0.393 e. The number of amides is 1. The number of primary amides is 1. The normalized spacial score (nSPS) is 25.5. The van der Waals surface area contributed by atoms with Crippen LogP contribution in [0.5, 0.6) is 0 Å². The monoisotopic (exact) mass is 361 g/mol. The molecule has 0 bridgehead atoms. The highest BCUT2D eigenvalue weighted by Gasteiger charge is 2.23. The molecule has 3 rings (SSSR count). The number of nitrogens with zero attached hydrogens (tertiary/aromatic N) is 2. The van der Waals surface area contributed by atoms with Gasteiger partial charge in [-0.1, -0.05) is 19.3 Å². The van der Waals surface area contributed by atoms with E-state index in [4.69, 9.17) is 5.73 Å². The number of anilines is 2. The summed E-state index contributed by atoms with van der Waals surface area (Å²) in [5.74, 6) is 1.13. The van der Waals surface area contributed by atoms with E-state index in [2.05, 4.69) is 27.5 Å². The summed E-state index contributed by atoms with van der Waals surface area (Å²) in [4.78, 5) is 20.6. The fourth-order valence-corrected chi connectivity index (χ4v) is 4.11. The van der Waals surface area contributed by atoms with Gasteiger partial charge in [-0.2, -0.15) is 4.98 Å². The van der Waals surface area contributed by atoms with E-state index in [0.29, 0.717) is 29.3 Å². The van der Waals surface area contributed by atoms with Crippen molar-refractivity contribution < 1.29 is 9.90 Å². The molecule has 0 aromatic carbocycles. The third-order valence-electron chi connectivity index (χ3n) is 5.81. The van der Waals surface area contributed by atoms with E-state index in [9.17, 15) is 9.90 Å². The van der Waals surface area contributed by atoms with Gasteiger partial charge in [-0.05, 0) is 51.4 Å². The third-order valence-corrected chi connectivity index (χ3v) is 5.81. The number of rotatable bonds is 6. The van der Waals surface area contributed by atoms with Crippen LogP contribution in [0.25, 0.3) is 0 Å². The second-order valence-electron chi connectivity index (χ2n) is 7.80. The van der Waals surface area contributed by atoms with Gasteiger partial charge in [0.15, 0.2) is 0 Å². The van der Waals surface area contributed by atoms with Crippen LogP contribution in [0.3, 0.4) is 0 Å². The maximum atomic E-state index is 11.7. The number of nitrogens with two attached hydrogens (primary N) is 1. The largest absolute Gasteiger partial charge is 0.393 e. The maximum Gasteiger partial charge on any atom is 0.254 e. The van der Waals surface area contributed by atoms with Gasteiger partial charge in [0.05, 0.1) is 11.7 Å². The molecule has 1 heterocycles. The van der Waals surface area contributed by atoms with Gasteiger partial charge in [-0.25, -0.2) is 4.98 Å². The Morgan fingerprint density at radius 1 is 1.19 bits per heavy atom. The fraction of sp³-hybridized carbons (Fsp3) is 0.737. The number of aliphatic hydroxyl groups excluding tert-OH is 1. The van der Waals surface area contributed by atoms with Crippen LogP contribution in [0.1, 0.15) is 75.1 Å². The van der Waals surface area contributed by atoms with E-state index in [1.54, 1.807) is 0 Å². The van der Waals surface area contributed by atoms with E-state index in [1.807, 2.05) is 0 Å². The molecule has 1 aromatic rings. The van der Waals surface area contributed by atoms with Crippen molar-refractivity contribution in [1.29, 1.82) is 0 Å². The second-order valence-corrected chi connectivity index (χ2v) is 7.80. The van der Waals surface area contributed by atoms with Gasteiger partial charge in [-0.3, -0.25) is 4.79 Å². The van der Waals surface area contributed by atoms with E-state index >= 15 is 0 Å². The molecule has 0 aliphatic heterocycles. The number of aliphatic hydroxyl groups is 1. The zero-order valence-electron chi connectivity index (χ0n) is 15.6. The highest BCUT2D eigenvalue weighted by atomic mass is 16.3. The Labute approximate surface area is 155 Å². The summed E-state index contributed by atoms with van der Waals surface area (Å²) in [5, 5.41) is 16.4. The summed E-state index contributed by atoms with van der Waals surface area (Å²) in [7, 11) is 0. The maximum absolute atomic E-state index is 11.7. The average molecular weight is 361 g/mol. The van der Waals surface area contributed by atoms with Crippen LogP contribution in [0.15, 0.2) is 6.20 Å². The number of hydrogen-bond donors (Lipinski definition) is 4. The molecule has 7 nitrogen and oxygen atoms in total. The Kier molecular flexibility index (Phi) is 6.29. The number of carbonyl (C=O) groups is 1. The van der Waals surface area contributed by atoms with Crippen molar-refractivity contribution in [3.63, 3.8) is 0 Å². The molecule has 1 aromatic heterocycles. The van der Waals surface area contributed by atoms with E-state index in [1.165, 1.54) is 38.3 Å². The molecule has 0 saturated heterocycles. The van der Waals surface area contributed by atoms with Crippen LogP contribution in [0.2, 0.25) is 0 Å². The molecule has 144 valence electrons. The average Bonchev–Trinajstić information content (AvgIpc) is 2.64. The molecular weight excluding hydrogens is 330 g/mol. The van der Waals surface area contributed by atoms with Crippen LogP contribution in [0.4, 0.5) is 11.8 Å². The Hall–Kier alpha value is -1.89. The fourth-order valence-electron chi connectivity index (χ4n) is 4.11. The van der Waals surface area contributed by atoms with Crippen molar-refractivity contribution in [2.24, 2.45) is 11.7 Å². The molecule has 0 spiro atoms. The Balaban J connectivity index is 1.69. The molecule has 0 unspecified atom stereocenters. The predicted octanol–water partition coefficient (Wildman–Crippen LogP) is 2.67. The van der Waals surface area contributed by atoms with E-state index < -0.39 is 5.91 Å². The number of carbonyl (C=O) groups excluding carboxylic acids is 1. The molecule has 2 aliphatic rings. The first-order valence-electron chi connectivity index (χ1n) is 9.91. The summed E-state index contributed by atoms with van der Waals surface area (Å²) in [6, 6.07) is 0.488. The number of aromatic nitrogens is 2. The Bertz CT molecular complexity index is 610. The zero-order chi connectivity index (χ0) is 18.5. The lowest BCUT2D eigenvalue weighted by atomic mass is 9.85. The van der Waals surface area contributed by atoms with Crippen molar-refractivity contribution in [2.45, 2.75) is 82.9 Å². The smallest absolute Gasteiger partial charge is 0.254 e. The van der Waals surface area contributed by atoms with Crippen molar-refractivity contribution >= 4 is 17.7 Å². The summed E-state index contributed by atoms with van der Waals surface area (Å²) in [6.45, 7) is 2.18. The minimum absolute atomic E-state index is 0.190. The summed E-state index contributed by atoms with van der Waals surface area (Å²) in [6.07, 6.45) is 10.9. The van der Waals surface area contributed by atoms with E-state index in [-0.39, 0.29) is 12.1 Å². The Morgan fingerprint density at radius 3 is 2.54 bits per heavy atom. The first-order valence-corrected chi connectivity index (χ1v) is 9.91. The quantitative estimate of drug-likeness (QED) is 0.619. The molecular formula is C19H31N5O2. The van der Waals surface area contributed by atoms with Crippen molar-refractivity contribution in [3.05, 3.63) is 11.8 Å². The zero-order valence-corrected chi connectivity index (χ0v) is 15.6. The molecule has 2 saturated carbocycles. The third kappa shape index (κ3) is 4.84. The van der Waals surface area contributed by atoms with Crippen LogP contribution < -0.4 is 16.4 Å². The van der Waals surface area contributed by atoms with Crippen LogP contribution >= 0.6 is 0 Å². The molecule has 2 fully saturated rings. The van der Waals surface area contributed by atoms with Gasteiger partial charge in [-0.15, -0.1) is 0 Å². The highest BCUT2D eigenvalue weighted by molar-refractivity contribution is 5.97.